The molecule has 0 aliphatic rings. The maximum absolute atomic E-state index is 11.3. The molecule has 0 aliphatic heterocycles. The molecule has 0 heterocycles. The lowest BCUT2D eigenvalue weighted by Crippen LogP contribution is -2.12. The first-order valence-corrected chi connectivity index (χ1v) is 8.32. The lowest BCUT2D eigenvalue weighted by molar-refractivity contribution is 0.263. The van der Waals surface area contributed by atoms with Gasteiger partial charge in [-0.15, -0.1) is 0 Å². The second kappa shape index (κ2) is 7.11. The molecular weight excluding hydrogens is 320 g/mol. The second-order valence-corrected chi connectivity index (χ2v) is 7.24. The third-order valence-corrected chi connectivity index (χ3v) is 4.77. The highest BCUT2D eigenvalue weighted by Crippen LogP contribution is 2.23. The fraction of sp³-hybridized carbons (Fsp3) is 0.500. The van der Waals surface area contributed by atoms with E-state index in [4.69, 9.17) is 4.74 Å². The van der Waals surface area contributed by atoms with Crippen LogP contribution in [-0.2, 0) is 16.4 Å². The average molecular weight is 337 g/mol. The van der Waals surface area contributed by atoms with E-state index in [2.05, 4.69) is 15.9 Å². The fourth-order valence-corrected chi connectivity index (χ4v) is 2.67. The third kappa shape index (κ3) is 4.96. The highest BCUT2D eigenvalue weighted by Gasteiger charge is 2.08. The number of halogens is 1. The minimum atomic E-state index is -2.93. The first kappa shape index (κ1) is 15.5. The highest BCUT2D eigenvalue weighted by molar-refractivity contribution is 9.10. The molecule has 0 bridgehead atoms. The van der Waals surface area contributed by atoms with Crippen LogP contribution in [0.3, 0.4) is 0 Å². The van der Waals surface area contributed by atoms with Gasteiger partial charge in [0.15, 0.2) is 0 Å². The summed E-state index contributed by atoms with van der Waals surface area (Å²) < 4.78 is 28.9. The van der Waals surface area contributed by atoms with Crippen LogP contribution >= 0.6 is 15.9 Å². The lowest BCUT2D eigenvalue weighted by Gasteiger charge is -2.10. The molecule has 0 saturated carbocycles. The standard InChI is InChI=1S/C12H17BrO4S/c1-2-18(15,16)7-3-6-17-12-5-4-11(13)8-10(12)9-14/h4-5,8,14H,2-3,6-7,9H2,1H3. The summed E-state index contributed by atoms with van der Waals surface area (Å²) >= 11 is 3.31. The van der Waals surface area contributed by atoms with Crippen LogP contribution in [0.25, 0.3) is 0 Å². The largest absolute Gasteiger partial charge is 0.493 e. The van der Waals surface area contributed by atoms with E-state index in [9.17, 15) is 13.5 Å². The first-order chi connectivity index (χ1) is 8.48. The summed E-state index contributed by atoms with van der Waals surface area (Å²) in [6, 6.07) is 5.35. The van der Waals surface area contributed by atoms with E-state index < -0.39 is 9.84 Å². The van der Waals surface area contributed by atoms with Crippen molar-refractivity contribution in [2.75, 3.05) is 18.1 Å². The molecular formula is C12H17BrO4S. The minimum absolute atomic E-state index is 0.109. The van der Waals surface area contributed by atoms with Gasteiger partial charge in [-0.05, 0) is 24.6 Å². The number of rotatable bonds is 7. The number of hydrogen-bond acceptors (Lipinski definition) is 4. The molecule has 1 aromatic rings. The number of benzene rings is 1. The van der Waals surface area contributed by atoms with Crippen LogP contribution in [0.2, 0.25) is 0 Å². The molecule has 0 atom stereocenters. The topological polar surface area (TPSA) is 63.6 Å². The zero-order valence-electron chi connectivity index (χ0n) is 10.2. The van der Waals surface area contributed by atoms with Crippen molar-refractivity contribution in [2.24, 2.45) is 0 Å². The summed E-state index contributed by atoms with van der Waals surface area (Å²) in [6.45, 7) is 1.85. The maximum atomic E-state index is 11.3. The number of aliphatic hydroxyl groups excluding tert-OH is 1. The molecule has 1 N–H and O–H groups in total. The van der Waals surface area contributed by atoms with Gasteiger partial charge in [0, 0.05) is 15.8 Å². The van der Waals surface area contributed by atoms with Gasteiger partial charge in [0.1, 0.15) is 15.6 Å². The molecule has 0 aliphatic carbocycles. The van der Waals surface area contributed by atoms with Crippen molar-refractivity contribution in [2.45, 2.75) is 20.0 Å². The Kier molecular flexibility index (Phi) is 6.11. The molecule has 0 fully saturated rings. The van der Waals surface area contributed by atoms with Gasteiger partial charge in [-0.1, -0.05) is 22.9 Å². The maximum Gasteiger partial charge on any atom is 0.150 e. The summed E-state index contributed by atoms with van der Waals surface area (Å²) in [5, 5.41) is 9.17. The van der Waals surface area contributed by atoms with E-state index in [1.54, 1.807) is 19.1 Å². The van der Waals surface area contributed by atoms with E-state index in [-0.39, 0.29) is 18.1 Å². The van der Waals surface area contributed by atoms with Gasteiger partial charge in [-0.3, -0.25) is 0 Å². The van der Waals surface area contributed by atoms with E-state index in [1.807, 2.05) is 6.07 Å². The molecule has 1 aromatic carbocycles. The van der Waals surface area contributed by atoms with Crippen LogP contribution in [0.4, 0.5) is 0 Å². The monoisotopic (exact) mass is 336 g/mol. The molecule has 4 nitrogen and oxygen atoms in total. The summed E-state index contributed by atoms with van der Waals surface area (Å²) in [4.78, 5) is 0. The number of hydrogen-bond donors (Lipinski definition) is 1. The Morgan fingerprint density at radius 1 is 1.39 bits per heavy atom. The molecule has 0 amide bonds. The first-order valence-electron chi connectivity index (χ1n) is 5.71. The van der Waals surface area contributed by atoms with E-state index >= 15 is 0 Å². The lowest BCUT2D eigenvalue weighted by atomic mass is 10.2. The van der Waals surface area contributed by atoms with Gasteiger partial charge in [0.05, 0.1) is 19.0 Å². The van der Waals surface area contributed by atoms with Crippen molar-refractivity contribution < 1.29 is 18.3 Å². The van der Waals surface area contributed by atoms with E-state index in [0.29, 0.717) is 24.3 Å². The average Bonchev–Trinajstić information content (AvgIpc) is 2.36. The quantitative estimate of drug-likeness (QED) is 0.775. The van der Waals surface area contributed by atoms with Crippen molar-refractivity contribution >= 4 is 25.8 Å². The molecule has 102 valence electrons. The van der Waals surface area contributed by atoms with Gasteiger partial charge in [-0.2, -0.15) is 0 Å². The summed E-state index contributed by atoms with van der Waals surface area (Å²) in [6.07, 6.45) is 0.455. The van der Waals surface area contributed by atoms with Crippen molar-refractivity contribution in [1.82, 2.24) is 0 Å². The molecule has 0 aromatic heterocycles. The van der Waals surface area contributed by atoms with Crippen LogP contribution in [0.5, 0.6) is 5.75 Å². The van der Waals surface area contributed by atoms with Gasteiger partial charge < -0.3 is 9.84 Å². The van der Waals surface area contributed by atoms with Crippen molar-refractivity contribution in [3.8, 4) is 5.75 Å². The summed E-state index contributed by atoms with van der Waals surface area (Å²) in [5.41, 5.74) is 0.683. The minimum Gasteiger partial charge on any atom is -0.493 e. The van der Waals surface area contributed by atoms with Gasteiger partial charge >= 0.3 is 0 Å². The Bertz CT molecular complexity index is 485. The Hall–Kier alpha value is -0.590. The third-order valence-electron chi connectivity index (χ3n) is 2.49. The van der Waals surface area contributed by atoms with Crippen LogP contribution < -0.4 is 4.74 Å². The summed E-state index contributed by atoms with van der Waals surface area (Å²) in [7, 11) is -2.93. The van der Waals surface area contributed by atoms with Crippen LogP contribution in [0.1, 0.15) is 18.9 Å². The zero-order valence-corrected chi connectivity index (χ0v) is 12.6. The Morgan fingerprint density at radius 2 is 2.11 bits per heavy atom. The Balaban J connectivity index is 2.49. The zero-order chi connectivity index (χ0) is 13.6. The molecule has 1 rings (SSSR count). The predicted molar refractivity (Wildman–Crippen MR) is 74.5 cm³/mol. The van der Waals surface area contributed by atoms with E-state index in [0.717, 1.165) is 4.47 Å². The number of ether oxygens (including phenoxy) is 1. The van der Waals surface area contributed by atoms with Gasteiger partial charge in [0.25, 0.3) is 0 Å². The molecule has 0 spiro atoms. The van der Waals surface area contributed by atoms with Crippen molar-refractivity contribution in [3.05, 3.63) is 28.2 Å². The second-order valence-electron chi connectivity index (χ2n) is 3.85. The van der Waals surface area contributed by atoms with Crippen molar-refractivity contribution in [3.63, 3.8) is 0 Å². The predicted octanol–water partition coefficient (Wildman–Crippen LogP) is 2.15. The smallest absolute Gasteiger partial charge is 0.150 e. The molecule has 18 heavy (non-hydrogen) atoms. The highest BCUT2D eigenvalue weighted by atomic mass is 79.9. The van der Waals surface area contributed by atoms with Crippen molar-refractivity contribution in [1.29, 1.82) is 0 Å². The van der Waals surface area contributed by atoms with Crippen LogP contribution in [-0.4, -0.2) is 31.6 Å². The summed E-state index contributed by atoms with van der Waals surface area (Å²) in [5.74, 6) is 0.886. The SMILES string of the molecule is CCS(=O)(=O)CCCOc1ccc(Br)cc1CO. The van der Waals surface area contributed by atoms with Crippen LogP contribution in [0, 0.1) is 0 Å². The molecule has 0 radical (unpaired) electrons. The normalized spacial score (nSPS) is 11.5. The Morgan fingerprint density at radius 3 is 2.72 bits per heavy atom. The molecule has 0 unspecified atom stereocenters. The molecule has 0 saturated heterocycles. The van der Waals surface area contributed by atoms with E-state index in [1.165, 1.54) is 0 Å². The number of aliphatic hydroxyl groups is 1. The van der Waals surface area contributed by atoms with Gasteiger partial charge in [-0.25, -0.2) is 8.42 Å². The van der Waals surface area contributed by atoms with Crippen LogP contribution in [0.15, 0.2) is 22.7 Å². The van der Waals surface area contributed by atoms with Gasteiger partial charge in [0.2, 0.25) is 0 Å². The molecule has 6 heteroatoms. The Labute approximate surface area is 116 Å². The number of sulfone groups is 1. The fourth-order valence-electron chi connectivity index (χ4n) is 1.42.